The maximum Gasteiger partial charge on any atom is 0.408 e. The summed E-state index contributed by atoms with van der Waals surface area (Å²) in [6.07, 6.45) is 3.05. The number of nitro groups is 1. The van der Waals surface area contributed by atoms with E-state index in [0.29, 0.717) is 11.2 Å². The van der Waals surface area contributed by atoms with Crippen LogP contribution in [0, 0.1) is 10.1 Å². The number of aromatic nitrogens is 3. The molecule has 10 heteroatoms. The number of nitrogens with zero attached hydrogens (tertiary/aromatic N) is 4. The number of carbonyl (C=O) groups is 1. The second-order valence-corrected chi connectivity index (χ2v) is 6.38. The summed E-state index contributed by atoms with van der Waals surface area (Å²) < 4.78 is 2.16. The molecule has 0 aliphatic rings. The summed E-state index contributed by atoms with van der Waals surface area (Å²) in [5, 5.41) is 18.1. The van der Waals surface area contributed by atoms with Crippen molar-refractivity contribution in [1.29, 1.82) is 0 Å². The lowest BCUT2D eigenvalue weighted by molar-refractivity contribution is -0.389. The van der Waals surface area contributed by atoms with Crippen LogP contribution in [0.3, 0.4) is 0 Å². The van der Waals surface area contributed by atoms with Crippen LogP contribution in [0.15, 0.2) is 41.1 Å². The minimum absolute atomic E-state index is 0.0616. The minimum Gasteiger partial charge on any atom is -0.358 e. The first-order valence-corrected chi connectivity index (χ1v) is 8.33. The van der Waals surface area contributed by atoms with E-state index in [1.54, 1.807) is 12.3 Å². The second-order valence-electron chi connectivity index (χ2n) is 5.11. The van der Waals surface area contributed by atoms with E-state index in [2.05, 4.69) is 31.3 Å². The van der Waals surface area contributed by atoms with Gasteiger partial charge in [0.25, 0.3) is 0 Å². The summed E-state index contributed by atoms with van der Waals surface area (Å²) in [4.78, 5) is 26.5. The zero-order chi connectivity index (χ0) is 18.0. The molecule has 8 nitrogen and oxygen atoms in total. The van der Waals surface area contributed by atoms with E-state index in [4.69, 9.17) is 11.6 Å². The molecule has 0 spiro atoms. The summed E-state index contributed by atoms with van der Waals surface area (Å²) in [7, 11) is 0. The molecule has 128 valence electrons. The Bertz CT molecular complexity index is 975. The molecule has 0 atom stereocenters. The third-order valence-electron chi connectivity index (χ3n) is 3.43. The number of amides is 1. The highest BCUT2D eigenvalue weighted by Crippen LogP contribution is 2.28. The quantitative estimate of drug-likeness (QED) is 0.496. The van der Waals surface area contributed by atoms with Gasteiger partial charge in [0, 0.05) is 22.5 Å². The highest BCUT2D eigenvalue weighted by Gasteiger charge is 2.19. The average molecular weight is 425 g/mol. The molecule has 0 saturated carbocycles. The van der Waals surface area contributed by atoms with E-state index in [-0.39, 0.29) is 23.9 Å². The van der Waals surface area contributed by atoms with Gasteiger partial charge in [-0.15, -0.1) is 0 Å². The topological polar surface area (TPSA) is 103 Å². The maximum absolute atomic E-state index is 12.2. The molecule has 1 aromatic carbocycles. The maximum atomic E-state index is 12.2. The fraction of sp³-hybridized carbons (Fsp3) is 0.133. The lowest BCUT2D eigenvalue weighted by Crippen LogP contribution is -2.15. The number of aryl methyl sites for hydroxylation is 1. The molecule has 0 unspecified atom stereocenters. The molecule has 0 saturated heterocycles. The number of hydrogen-bond donors (Lipinski definition) is 1. The van der Waals surface area contributed by atoms with Gasteiger partial charge in [0.05, 0.1) is 29.0 Å². The van der Waals surface area contributed by atoms with E-state index >= 15 is 0 Å². The first-order valence-electron chi connectivity index (χ1n) is 7.16. The van der Waals surface area contributed by atoms with Crippen molar-refractivity contribution in [3.05, 3.63) is 56.3 Å². The molecule has 1 N–H and O–H groups in total. The van der Waals surface area contributed by atoms with Crippen LogP contribution in [0.25, 0.3) is 10.9 Å². The fourth-order valence-corrected chi connectivity index (χ4v) is 2.96. The molecular formula is C15H11BrClN5O3. The summed E-state index contributed by atoms with van der Waals surface area (Å²) in [6.45, 7) is 0.168. The van der Waals surface area contributed by atoms with E-state index in [1.807, 2.05) is 18.2 Å². The summed E-state index contributed by atoms with van der Waals surface area (Å²) in [6, 6.07) is 7.29. The van der Waals surface area contributed by atoms with Crippen LogP contribution in [0.2, 0.25) is 5.02 Å². The van der Waals surface area contributed by atoms with Gasteiger partial charge in [-0.3, -0.25) is 9.78 Å². The Balaban J connectivity index is 1.70. The number of pyridine rings is 1. The number of benzene rings is 1. The number of rotatable bonds is 5. The average Bonchev–Trinajstić information content (AvgIpc) is 2.97. The normalized spacial score (nSPS) is 10.8. The van der Waals surface area contributed by atoms with Crippen molar-refractivity contribution in [3.63, 3.8) is 0 Å². The van der Waals surface area contributed by atoms with Gasteiger partial charge in [0.15, 0.2) is 5.02 Å². The van der Waals surface area contributed by atoms with Crippen LogP contribution in [0.1, 0.15) is 6.42 Å². The molecule has 0 radical (unpaired) electrons. The summed E-state index contributed by atoms with van der Waals surface area (Å²) >= 11 is 9.17. The molecular weight excluding hydrogens is 414 g/mol. The fourth-order valence-electron chi connectivity index (χ4n) is 2.29. The van der Waals surface area contributed by atoms with E-state index in [9.17, 15) is 14.9 Å². The third-order valence-corrected chi connectivity index (χ3v) is 4.39. The van der Waals surface area contributed by atoms with Gasteiger partial charge in [-0.2, -0.15) is 4.68 Å². The minimum atomic E-state index is -0.668. The molecule has 25 heavy (non-hydrogen) atoms. The van der Waals surface area contributed by atoms with Crippen molar-refractivity contribution in [3.8, 4) is 0 Å². The van der Waals surface area contributed by atoms with Crippen molar-refractivity contribution in [1.82, 2.24) is 14.8 Å². The number of halogens is 2. The van der Waals surface area contributed by atoms with Gasteiger partial charge >= 0.3 is 5.82 Å². The first-order chi connectivity index (χ1) is 12.0. The Morgan fingerprint density at radius 2 is 2.20 bits per heavy atom. The SMILES string of the molecule is O=C(CCn1cc(Cl)c([N+](=O)[O-])n1)Nc1ccc(Br)c2cccnc12. The Morgan fingerprint density at radius 1 is 1.40 bits per heavy atom. The van der Waals surface area contributed by atoms with E-state index in [0.717, 1.165) is 9.86 Å². The van der Waals surface area contributed by atoms with Gasteiger partial charge in [0.1, 0.15) is 0 Å². The van der Waals surface area contributed by atoms with Crippen LogP contribution in [0.5, 0.6) is 0 Å². The van der Waals surface area contributed by atoms with Crippen molar-refractivity contribution in [2.24, 2.45) is 0 Å². The molecule has 2 aromatic heterocycles. The van der Waals surface area contributed by atoms with Gasteiger partial charge in [0.2, 0.25) is 5.91 Å². The lowest BCUT2D eigenvalue weighted by Gasteiger charge is -2.08. The predicted octanol–water partition coefficient (Wildman–Crippen LogP) is 3.78. The number of anilines is 1. The molecule has 0 aliphatic heterocycles. The Hall–Kier alpha value is -2.52. The highest BCUT2D eigenvalue weighted by molar-refractivity contribution is 9.10. The molecule has 0 bridgehead atoms. The standard InChI is InChI=1S/C15H11BrClN5O3/c16-10-3-4-12(14-9(10)2-1-6-18-14)19-13(23)5-7-21-8-11(17)15(20-21)22(24)25/h1-4,6,8H,5,7H2,(H,19,23). The van der Waals surface area contributed by atoms with Gasteiger partial charge in [-0.25, -0.2) is 0 Å². The monoisotopic (exact) mass is 423 g/mol. The zero-order valence-electron chi connectivity index (χ0n) is 12.6. The molecule has 3 aromatic rings. The number of fused-ring (bicyclic) bond motifs is 1. The van der Waals surface area contributed by atoms with Gasteiger partial charge in [-0.1, -0.05) is 33.6 Å². The van der Waals surface area contributed by atoms with E-state index in [1.165, 1.54) is 10.9 Å². The molecule has 1 amide bonds. The van der Waals surface area contributed by atoms with Crippen molar-refractivity contribution >= 4 is 55.8 Å². The van der Waals surface area contributed by atoms with Crippen LogP contribution in [-0.4, -0.2) is 25.6 Å². The smallest absolute Gasteiger partial charge is 0.358 e. The van der Waals surface area contributed by atoms with Crippen molar-refractivity contribution in [2.45, 2.75) is 13.0 Å². The zero-order valence-corrected chi connectivity index (χ0v) is 15.0. The Kier molecular flexibility index (Phi) is 4.95. The van der Waals surface area contributed by atoms with Crippen molar-refractivity contribution < 1.29 is 9.72 Å². The molecule has 3 rings (SSSR count). The molecule has 2 heterocycles. The summed E-state index contributed by atoms with van der Waals surface area (Å²) in [5.41, 5.74) is 1.26. The number of carbonyl (C=O) groups excluding carboxylic acids is 1. The third kappa shape index (κ3) is 3.77. The first kappa shape index (κ1) is 17.3. The van der Waals surface area contributed by atoms with Gasteiger partial charge < -0.3 is 15.4 Å². The van der Waals surface area contributed by atoms with Crippen LogP contribution >= 0.6 is 27.5 Å². The van der Waals surface area contributed by atoms with Crippen LogP contribution < -0.4 is 5.32 Å². The van der Waals surface area contributed by atoms with E-state index < -0.39 is 10.7 Å². The summed E-state index contributed by atoms with van der Waals surface area (Å²) in [5.74, 6) is -0.686. The second kappa shape index (κ2) is 7.16. The Labute approximate surface area is 155 Å². The highest BCUT2D eigenvalue weighted by atomic mass is 79.9. The number of nitrogens with one attached hydrogen (secondary N) is 1. The molecule has 0 fully saturated rings. The van der Waals surface area contributed by atoms with Crippen LogP contribution in [-0.2, 0) is 11.3 Å². The van der Waals surface area contributed by atoms with Crippen LogP contribution in [0.4, 0.5) is 11.5 Å². The molecule has 0 aliphatic carbocycles. The number of hydrogen-bond acceptors (Lipinski definition) is 5. The Morgan fingerprint density at radius 3 is 2.92 bits per heavy atom. The van der Waals surface area contributed by atoms with Gasteiger partial charge in [-0.05, 0) is 23.1 Å². The largest absolute Gasteiger partial charge is 0.408 e. The predicted molar refractivity (Wildman–Crippen MR) is 96.6 cm³/mol. The van der Waals surface area contributed by atoms with Crippen molar-refractivity contribution in [2.75, 3.05) is 5.32 Å². The lowest BCUT2D eigenvalue weighted by atomic mass is 10.2.